The van der Waals surface area contributed by atoms with Crippen molar-refractivity contribution in [3.63, 3.8) is 0 Å². The van der Waals surface area contributed by atoms with Crippen molar-refractivity contribution in [3.8, 4) is 0 Å². The third-order valence-electron chi connectivity index (χ3n) is 4.50. The SMILES string of the molecule is Cc1cc(CN2CCN(CC(O)c3ccccc3)C(C)C2)on1. The van der Waals surface area contributed by atoms with Crippen LogP contribution in [0.2, 0.25) is 0 Å². The Labute approximate surface area is 137 Å². The summed E-state index contributed by atoms with van der Waals surface area (Å²) in [5.74, 6) is 0.924. The Hall–Kier alpha value is -1.69. The third-order valence-corrected chi connectivity index (χ3v) is 4.50. The summed E-state index contributed by atoms with van der Waals surface area (Å²) < 4.78 is 5.31. The molecule has 0 saturated carbocycles. The molecule has 124 valence electrons. The fraction of sp³-hybridized carbons (Fsp3) is 0.500. The van der Waals surface area contributed by atoms with Gasteiger partial charge in [0.15, 0.2) is 5.76 Å². The fourth-order valence-electron chi connectivity index (χ4n) is 3.20. The minimum Gasteiger partial charge on any atom is -0.387 e. The first-order valence-corrected chi connectivity index (χ1v) is 8.23. The molecule has 2 heterocycles. The van der Waals surface area contributed by atoms with Crippen LogP contribution < -0.4 is 0 Å². The standard InChI is InChI=1S/C18H25N3O2/c1-14-10-17(23-19-14)12-20-8-9-21(15(2)11-20)13-18(22)16-6-4-3-5-7-16/h3-7,10,15,18,22H,8-9,11-13H2,1-2H3. The van der Waals surface area contributed by atoms with Crippen LogP contribution >= 0.6 is 0 Å². The van der Waals surface area contributed by atoms with E-state index in [0.717, 1.165) is 43.2 Å². The van der Waals surface area contributed by atoms with E-state index in [1.807, 2.05) is 43.3 Å². The van der Waals surface area contributed by atoms with Gasteiger partial charge in [-0.3, -0.25) is 9.80 Å². The molecule has 23 heavy (non-hydrogen) atoms. The van der Waals surface area contributed by atoms with Crippen LogP contribution in [0.4, 0.5) is 0 Å². The number of hydrogen-bond acceptors (Lipinski definition) is 5. The molecule has 0 spiro atoms. The first-order valence-electron chi connectivity index (χ1n) is 8.23. The van der Waals surface area contributed by atoms with Crippen molar-refractivity contribution in [2.24, 2.45) is 0 Å². The first-order chi connectivity index (χ1) is 11.1. The topological polar surface area (TPSA) is 52.7 Å². The number of benzene rings is 1. The maximum absolute atomic E-state index is 10.4. The Bertz CT molecular complexity index is 614. The van der Waals surface area contributed by atoms with Crippen molar-refractivity contribution in [2.45, 2.75) is 32.5 Å². The molecule has 5 heteroatoms. The summed E-state index contributed by atoms with van der Waals surface area (Å²) in [6, 6.07) is 12.3. The van der Waals surface area contributed by atoms with E-state index in [-0.39, 0.29) is 0 Å². The zero-order valence-electron chi connectivity index (χ0n) is 13.9. The molecule has 2 atom stereocenters. The highest BCUT2D eigenvalue weighted by atomic mass is 16.5. The molecular weight excluding hydrogens is 290 g/mol. The predicted molar refractivity (Wildman–Crippen MR) is 89.0 cm³/mol. The number of hydrogen-bond donors (Lipinski definition) is 1. The molecule has 2 aromatic rings. The fourth-order valence-corrected chi connectivity index (χ4v) is 3.20. The largest absolute Gasteiger partial charge is 0.387 e. The van der Waals surface area contributed by atoms with Crippen LogP contribution in [0.15, 0.2) is 40.9 Å². The molecular formula is C18H25N3O2. The van der Waals surface area contributed by atoms with E-state index < -0.39 is 6.10 Å². The second kappa shape index (κ2) is 7.25. The third kappa shape index (κ3) is 4.19. The lowest BCUT2D eigenvalue weighted by atomic mass is 10.1. The highest BCUT2D eigenvalue weighted by Gasteiger charge is 2.26. The highest BCUT2D eigenvalue weighted by molar-refractivity contribution is 5.17. The van der Waals surface area contributed by atoms with Crippen molar-refractivity contribution in [3.05, 3.63) is 53.4 Å². The van der Waals surface area contributed by atoms with E-state index >= 15 is 0 Å². The van der Waals surface area contributed by atoms with Gasteiger partial charge < -0.3 is 9.63 Å². The molecule has 2 unspecified atom stereocenters. The molecule has 0 bridgehead atoms. The highest BCUT2D eigenvalue weighted by Crippen LogP contribution is 2.19. The first kappa shape index (κ1) is 16.2. The number of β-amino-alcohol motifs (C(OH)–C–C–N with tert-alkyl or cyclic N) is 1. The quantitative estimate of drug-likeness (QED) is 0.917. The van der Waals surface area contributed by atoms with Gasteiger partial charge in [0.1, 0.15) is 0 Å². The molecule has 1 N–H and O–H groups in total. The maximum atomic E-state index is 10.4. The van der Waals surface area contributed by atoms with Gasteiger partial charge in [-0.05, 0) is 19.4 Å². The van der Waals surface area contributed by atoms with Gasteiger partial charge in [0, 0.05) is 38.3 Å². The van der Waals surface area contributed by atoms with E-state index in [1.165, 1.54) is 0 Å². The molecule has 0 aliphatic carbocycles. The maximum Gasteiger partial charge on any atom is 0.150 e. The van der Waals surface area contributed by atoms with Crippen molar-refractivity contribution >= 4 is 0 Å². The molecule has 0 radical (unpaired) electrons. The van der Waals surface area contributed by atoms with E-state index in [9.17, 15) is 5.11 Å². The zero-order valence-corrected chi connectivity index (χ0v) is 13.9. The molecule has 1 aliphatic heterocycles. The monoisotopic (exact) mass is 315 g/mol. The molecule has 5 nitrogen and oxygen atoms in total. The Balaban J connectivity index is 1.52. The Morgan fingerprint density at radius 2 is 2.09 bits per heavy atom. The second-order valence-electron chi connectivity index (χ2n) is 6.44. The molecule has 0 amide bonds. The van der Waals surface area contributed by atoms with Gasteiger partial charge in [-0.25, -0.2) is 0 Å². The smallest absolute Gasteiger partial charge is 0.150 e. The van der Waals surface area contributed by atoms with Crippen molar-refractivity contribution in [1.82, 2.24) is 15.0 Å². The average molecular weight is 315 g/mol. The summed E-state index contributed by atoms with van der Waals surface area (Å²) in [4.78, 5) is 4.75. The van der Waals surface area contributed by atoms with Gasteiger partial charge in [-0.2, -0.15) is 0 Å². The van der Waals surface area contributed by atoms with Crippen LogP contribution in [-0.2, 0) is 6.54 Å². The minimum atomic E-state index is -0.429. The van der Waals surface area contributed by atoms with E-state index in [0.29, 0.717) is 12.6 Å². The van der Waals surface area contributed by atoms with Crippen LogP contribution in [0.5, 0.6) is 0 Å². The summed E-state index contributed by atoms with van der Waals surface area (Å²) in [6.07, 6.45) is -0.429. The van der Waals surface area contributed by atoms with Crippen molar-refractivity contribution < 1.29 is 9.63 Å². The summed E-state index contributed by atoms with van der Waals surface area (Å²) in [6.45, 7) is 8.56. The number of aliphatic hydroxyl groups excluding tert-OH is 1. The van der Waals surface area contributed by atoms with Gasteiger partial charge in [-0.15, -0.1) is 0 Å². The number of aliphatic hydroxyl groups is 1. The molecule has 1 aliphatic rings. The number of aryl methyl sites for hydroxylation is 1. The van der Waals surface area contributed by atoms with Gasteiger partial charge in [0.25, 0.3) is 0 Å². The normalized spacial score (nSPS) is 21.4. The number of nitrogens with zero attached hydrogens (tertiary/aromatic N) is 3. The average Bonchev–Trinajstić information content (AvgIpc) is 2.96. The summed E-state index contributed by atoms with van der Waals surface area (Å²) in [5, 5.41) is 14.4. The van der Waals surface area contributed by atoms with Crippen LogP contribution in [0.3, 0.4) is 0 Å². The van der Waals surface area contributed by atoms with Gasteiger partial charge in [0.2, 0.25) is 0 Å². The van der Waals surface area contributed by atoms with Gasteiger partial charge in [0.05, 0.1) is 18.3 Å². The Morgan fingerprint density at radius 3 is 2.74 bits per heavy atom. The number of rotatable bonds is 5. The summed E-state index contributed by atoms with van der Waals surface area (Å²) in [5.41, 5.74) is 1.91. The summed E-state index contributed by atoms with van der Waals surface area (Å²) >= 11 is 0. The summed E-state index contributed by atoms with van der Waals surface area (Å²) in [7, 11) is 0. The molecule has 1 saturated heterocycles. The molecule has 1 aromatic heterocycles. The van der Waals surface area contributed by atoms with Crippen molar-refractivity contribution in [2.75, 3.05) is 26.2 Å². The molecule has 3 rings (SSSR count). The number of piperazine rings is 1. The lowest BCUT2D eigenvalue weighted by Crippen LogP contribution is -2.52. The molecule has 1 fully saturated rings. The van der Waals surface area contributed by atoms with E-state index in [2.05, 4.69) is 21.9 Å². The Kier molecular flexibility index (Phi) is 5.10. The lowest BCUT2D eigenvalue weighted by molar-refractivity contribution is 0.0334. The Morgan fingerprint density at radius 1 is 1.30 bits per heavy atom. The minimum absolute atomic E-state index is 0.408. The predicted octanol–water partition coefficient (Wildman–Crippen LogP) is 2.22. The molecule has 1 aromatic carbocycles. The lowest BCUT2D eigenvalue weighted by Gasteiger charge is -2.40. The van der Waals surface area contributed by atoms with Crippen molar-refractivity contribution in [1.29, 1.82) is 0 Å². The van der Waals surface area contributed by atoms with Crippen LogP contribution in [0, 0.1) is 6.92 Å². The van der Waals surface area contributed by atoms with E-state index in [4.69, 9.17) is 4.52 Å². The number of aromatic nitrogens is 1. The van der Waals surface area contributed by atoms with Gasteiger partial charge >= 0.3 is 0 Å². The van der Waals surface area contributed by atoms with E-state index in [1.54, 1.807) is 0 Å². The van der Waals surface area contributed by atoms with Crippen LogP contribution in [0.25, 0.3) is 0 Å². The van der Waals surface area contributed by atoms with Gasteiger partial charge in [-0.1, -0.05) is 35.5 Å². The van der Waals surface area contributed by atoms with Crippen LogP contribution in [0.1, 0.15) is 30.0 Å². The van der Waals surface area contributed by atoms with Crippen LogP contribution in [-0.4, -0.2) is 52.3 Å². The zero-order chi connectivity index (χ0) is 16.2. The second-order valence-corrected chi connectivity index (χ2v) is 6.44.